The lowest BCUT2D eigenvalue weighted by atomic mass is 10.00. The van der Waals surface area contributed by atoms with Gasteiger partial charge in [0.05, 0.1) is 11.4 Å². The molecule has 0 aliphatic carbocycles. The van der Waals surface area contributed by atoms with Gasteiger partial charge in [0.25, 0.3) is 0 Å². The normalized spacial score (nSPS) is 10.9. The topological polar surface area (TPSA) is 27.1 Å². The third kappa shape index (κ3) is 8.09. The minimum atomic E-state index is 0.266. The maximum Gasteiger partial charge on any atom is 0.0781 e. The van der Waals surface area contributed by atoms with Crippen molar-refractivity contribution in [2.45, 2.75) is 61.8 Å². The van der Waals surface area contributed by atoms with Crippen molar-refractivity contribution in [1.82, 2.24) is 0 Å². The Morgan fingerprint density at radius 1 is 1.08 bits per heavy atom. The first-order chi connectivity index (χ1) is 11.5. The molecule has 0 unspecified atom stereocenters. The van der Waals surface area contributed by atoms with Gasteiger partial charge in [-0.1, -0.05) is 75.0 Å². The van der Waals surface area contributed by atoms with E-state index in [1.807, 2.05) is 53.7 Å². The number of anilines is 1. The Morgan fingerprint density at radius 3 is 2.12 bits per heavy atom. The van der Waals surface area contributed by atoms with E-state index in [1.165, 1.54) is 0 Å². The van der Waals surface area contributed by atoms with Crippen molar-refractivity contribution in [1.29, 1.82) is 5.41 Å². The van der Waals surface area contributed by atoms with Crippen molar-refractivity contribution in [2.24, 2.45) is 0 Å². The number of benzene rings is 1. The van der Waals surface area contributed by atoms with Crippen LogP contribution in [0.1, 0.15) is 67.4 Å². The van der Waals surface area contributed by atoms with Gasteiger partial charge in [0.2, 0.25) is 0 Å². The molecule has 0 atom stereocenters. The van der Waals surface area contributed by atoms with E-state index in [-0.39, 0.29) is 6.54 Å². The number of halogens is 1. The fraction of sp³-hybridized carbons (Fsp3) is 0.476. The third-order valence-corrected chi connectivity index (χ3v) is 3.08. The lowest BCUT2D eigenvalue weighted by molar-refractivity contribution is 0.444. The summed E-state index contributed by atoms with van der Waals surface area (Å²) < 4.78 is 13.8. The molecule has 24 heavy (non-hydrogen) atoms. The summed E-state index contributed by atoms with van der Waals surface area (Å²) in [4.78, 5) is 0. The van der Waals surface area contributed by atoms with Crippen molar-refractivity contribution < 1.29 is 4.48 Å². The molecule has 1 N–H and O–H groups in total. The maximum atomic E-state index is 13.8. The summed E-state index contributed by atoms with van der Waals surface area (Å²) in [6.07, 6.45) is 5.04. The highest BCUT2D eigenvalue weighted by atomic mass is 19.2. The van der Waals surface area contributed by atoms with Gasteiger partial charge in [-0.15, -0.1) is 0 Å². The first kappa shape index (κ1) is 24.4. The molecule has 2 nitrogen and oxygen atoms in total. The Balaban J connectivity index is 0. The molecule has 0 spiro atoms. The summed E-state index contributed by atoms with van der Waals surface area (Å²) in [5.41, 5.74) is 3.39. The Kier molecular flexibility index (Phi) is 14.9. The highest BCUT2D eigenvalue weighted by Crippen LogP contribution is 2.23. The number of nitrogens with zero attached hydrogens (tertiary/aromatic N) is 1. The Labute approximate surface area is 148 Å². The number of para-hydroxylation sites is 1. The molecule has 136 valence electrons. The highest BCUT2D eigenvalue weighted by Gasteiger charge is 2.13. The van der Waals surface area contributed by atoms with Crippen LogP contribution in [0.3, 0.4) is 0 Å². The molecule has 1 rings (SSSR count). The van der Waals surface area contributed by atoms with Gasteiger partial charge in [0, 0.05) is 12.1 Å². The average molecular weight is 335 g/mol. The first-order valence-electron chi connectivity index (χ1n) is 8.97. The Morgan fingerprint density at radius 2 is 1.62 bits per heavy atom. The molecular formula is C21H35FN2. The molecule has 0 radical (unpaired) electrons. The molecule has 0 saturated heterocycles. The van der Waals surface area contributed by atoms with E-state index in [0.717, 1.165) is 17.6 Å². The summed E-state index contributed by atoms with van der Waals surface area (Å²) in [5, 5.41) is 8.95. The fourth-order valence-corrected chi connectivity index (χ4v) is 2.07. The second kappa shape index (κ2) is 14.7. The Bertz CT molecular complexity index is 530. The van der Waals surface area contributed by atoms with E-state index >= 15 is 0 Å². The molecule has 1 aromatic rings. The van der Waals surface area contributed by atoms with Gasteiger partial charge in [-0.05, 0) is 38.8 Å². The van der Waals surface area contributed by atoms with Crippen LogP contribution in [0.2, 0.25) is 0 Å². The third-order valence-electron chi connectivity index (χ3n) is 3.08. The largest absolute Gasteiger partial charge is 0.300 e. The van der Waals surface area contributed by atoms with Crippen molar-refractivity contribution in [3.05, 3.63) is 53.1 Å². The molecule has 0 amide bonds. The molecule has 0 fully saturated rings. The Hall–Kier alpha value is -1.90. The van der Waals surface area contributed by atoms with E-state index in [4.69, 9.17) is 5.41 Å². The monoisotopic (exact) mass is 334 g/mol. The van der Waals surface area contributed by atoms with Crippen LogP contribution in [-0.4, -0.2) is 12.3 Å². The summed E-state index contributed by atoms with van der Waals surface area (Å²) in [6, 6.07) is 7.11. The van der Waals surface area contributed by atoms with Crippen LogP contribution in [0.25, 0.3) is 0 Å². The number of rotatable bonds is 6. The molecule has 1 aromatic carbocycles. The summed E-state index contributed by atoms with van der Waals surface area (Å²) in [7, 11) is 0. The van der Waals surface area contributed by atoms with Crippen LogP contribution in [0.4, 0.5) is 10.2 Å². The van der Waals surface area contributed by atoms with E-state index < -0.39 is 0 Å². The zero-order chi connectivity index (χ0) is 19.1. The molecule has 0 aliphatic rings. The maximum absolute atomic E-state index is 13.8. The zero-order valence-electron chi connectivity index (χ0n) is 16.7. The minimum Gasteiger partial charge on any atom is -0.300 e. The predicted molar refractivity (Wildman–Crippen MR) is 108 cm³/mol. The molecule has 0 saturated carbocycles. The summed E-state index contributed by atoms with van der Waals surface area (Å²) in [5.74, 6) is 0. The van der Waals surface area contributed by atoms with Crippen LogP contribution >= 0.6 is 0 Å². The van der Waals surface area contributed by atoms with E-state index in [9.17, 15) is 4.48 Å². The van der Waals surface area contributed by atoms with E-state index in [1.54, 1.807) is 25.1 Å². The highest BCUT2D eigenvalue weighted by molar-refractivity contribution is 6.13. The molecule has 0 aliphatic heterocycles. The summed E-state index contributed by atoms with van der Waals surface area (Å²) >= 11 is 0. The number of nitrogens with one attached hydrogen (secondary N) is 1. The standard InChI is InChI=1S/C17H23FN2.2C2H6/c1-5-9-13(3)12-14(4)17(19)15-10-7-8-11-16(15)20(18)6-2;2*1-2/h7-12,19H,5-6H2,1-4H3;2*1-2H3/b13-9+,14-12-,19-17?;;. The molecule has 0 heterocycles. The van der Waals surface area contributed by atoms with Crippen molar-refractivity contribution in [3.8, 4) is 0 Å². The molecular weight excluding hydrogens is 299 g/mol. The zero-order valence-corrected chi connectivity index (χ0v) is 16.7. The molecule has 3 heteroatoms. The van der Waals surface area contributed by atoms with Crippen molar-refractivity contribution in [3.63, 3.8) is 0 Å². The van der Waals surface area contributed by atoms with Gasteiger partial charge in [-0.2, -0.15) is 0 Å². The second-order valence-corrected chi connectivity index (χ2v) is 4.75. The fourth-order valence-electron chi connectivity index (χ4n) is 2.07. The van der Waals surface area contributed by atoms with Crippen LogP contribution in [0.15, 0.2) is 47.6 Å². The van der Waals surface area contributed by atoms with Gasteiger partial charge in [-0.25, -0.2) is 5.12 Å². The minimum absolute atomic E-state index is 0.266. The number of hydrogen-bond acceptors (Lipinski definition) is 2. The molecule has 0 bridgehead atoms. The van der Waals surface area contributed by atoms with Crippen LogP contribution in [-0.2, 0) is 0 Å². The molecule has 0 aromatic heterocycles. The second-order valence-electron chi connectivity index (χ2n) is 4.75. The van der Waals surface area contributed by atoms with E-state index in [2.05, 4.69) is 13.0 Å². The van der Waals surface area contributed by atoms with Crippen LogP contribution in [0, 0.1) is 5.41 Å². The number of allylic oxidation sites excluding steroid dienone is 4. The lowest BCUT2D eigenvalue weighted by Gasteiger charge is -2.16. The lowest BCUT2D eigenvalue weighted by Crippen LogP contribution is -2.15. The quantitative estimate of drug-likeness (QED) is 0.334. The van der Waals surface area contributed by atoms with Gasteiger partial charge in [0.15, 0.2) is 0 Å². The number of hydrogen-bond donors (Lipinski definition) is 1. The van der Waals surface area contributed by atoms with Crippen molar-refractivity contribution >= 4 is 11.4 Å². The predicted octanol–water partition coefficient (Wildman–Crippen LogP) is 7.12. The van der Waals surface area contributed by atoms with E-state index in [0.29, 0.717) is 22.1 Å². The first-order valence-corrected chi connectivity index (χ1v) is 8.97. The van der Waals surface area contributed by atoms with Crippen LogP contribution in [0.5, 0.6) is 0 Å². The smallest absolute Gasteiger partial charge is 0.0781 e. The van der Waals surface area contributed by atoms with Gasteiger partial charge in [0.1, 0.15) is 0 Å². The van der Waals surface area contributed by atoms with Gasteiger partial charge >= 0.3 is 0 Å². The van der Waals surface area contributed by atoms with Gasteiger partial charge < -0.3 is 0 Å². The average Bonchev–Trinajstić information content (AvgIpc) is 2.63. The van der Waals surface area contributed by atoms with Crippen LogP contribution < -0.4 is 5.12 Å². The van der Waals surface area contributed by atoms with Crippen molar-refractivity contribution in [2.75, 3.05) is 11.7 Å². The summed E-state index contributed by atoms with van der Waals surface area (Å²) in [6.45, 7) is 16.0. The van der Waals surface area contributed by atoms with Gasteiger partial charge in [-0.3, -0.25) is 5.41 Å². The SMILES string of the molecule is CC.CC.CC/C=C(C)/C=C(/C)C(=N)c1ccccc1N(F)CC.